The number of fused-ring (bicyclic) bond motifs is 1. The molecule has 3 rings (SSSR count). The number of para-hydroxylation sites is 1. The molecule has 1 saturated heterocycles. The number of hydrogen-bond acceptors (Lipinski definition) is 3. The van der Waals surface area contributed by atoms with E-state index in [1.165, 1.54) is 5.56 Å². The molecular formula is C18H25N3O2. The molecule has 1 atom stereocenters. The number of benzene rings is 1. The molecule has 1 fully saturated rings. The lowest BCUT2D eigenvalue weighted by atomic mass is 10.0. The summed E-state index contributed by atoms with van der Waals surface area (Å²) in [4.78, 5) is 28.4. The van der Waals surface area contributed by atoms with E-state index in [9.17, 15) is 9.59 Å². The molecule has 1 N–H and O–H groups in total. The average Bonchev–Trinajstić information content (AvgIpc) is 2.57. The van der Waals surface area contributed by atoms with E-state index >= 15 is 0 Å². The van der Waals surface area contributed by atoms with Crippen LogP contribution in [0.3, 0.4) is 0 Å². The molecule has 1 aromatic carbocycles. The van der Waals surface area contributed by atoms with Crippen LogP contribution in [-0.4, -0.2) is 48.9 Å². The second-order valence-corrected chi connectivity index (χ2v) is 6.42. The lowest BCUT2D eigenvalue weighted by Crippen LogP contribution is -2.52. The summed E-state index contributed by atoms with van der Waals surface area (Å²) in [5.41, 5.74) is 2.25. The highest BCUT2D eigenvalue weighted by Gasteiger charge is 2.25. The highest BCUT2D eigenvalue weighted by molar-refractivity contribution is 5.96. The minimum atomic E-state index is 0.173. The molecular weight excluding hydrogens is 290 g/mol. The van der Waals surface area contributed by atoms with Crippen molar-refractivity contribution in [3.8, 4) is 0 Å². The van der Waals surface area contributed by atoms with Crippen molar-refractivity contribution in [3.05, 3.63) is 29.8 Å². The number of carbonyl (C=O) groups is 2. The lowest BCUT2D eigenvalue weighted by Gasteiger charge is -2.34. The summed E-state index contributed by atoms with van der Waals surface area (Å²) in [6.07, 6.45) is 2.62. The van der Waals surface area contributed by atoms with Crippen LogP contribution in [0.5, 0.6) is 0 Å². The zero-order valence-corrected chi connectivity index (χ0v) is 13.8. The van der Waals surface area contributed by atoms with Gasteiger partial charge in [0.25, 0.3) is 0 Å². The molecule has 5 nitrogen and oxygen atoms in total. The molecule has 2 heterocycles. The molecule has 5 heteroatoms. The van der Waals surface area contributed by atoms with E-state index in [2.05, 4.69) is 18.3 Å². The summed E-state index contributed by atoms with van der Waals surface area (Å²) in [5, 5.41) is 3.30. The largest absolute Gasteiger partial charge is 0.337 e. The molecule has 124 valence electrons. The van der Waals surface area contributed by atoms with Gasteiger partial charge in [-0.1, -0.05) is 18.2 Å². The molecule has 0 spiro atoms. The first-order valence-corrected chi connectivity index (χ1v) is 8.55. The van der Waals surface area contributed by atoms with Crippen molar-refractivity contribution in [2.45, 2.75) is 38.6 Å². The fourth-order valence-corrected chi connectivity index (χ4v) is 3.49. The lowest BCUT2D eigenvalue weighted by molar-refractivity contribution is -0.134. The number of nitrogens with zero attached hydrogens (tertiary/aromatic N) is 2. The first kappa shape index (κ1) is 16.0. The van der Waals surface area contributed by atoms with Crippen LogP contribution in [0.2, 0.25) is 0 Å². The van der Waals surface area contributed by atoms with Gasteiger partial charge in [-0.2, -0.15) is 0 Å². The third-order valence-corrected chi connectivity index (χ3v) is 4.79. The second kappa shape index (κ2) is 7.13. The first-order chi connectivity index (χ1) is 11.2. The van der Waals surface area contributed by atoms with Gasteiger partial charge < -0.3 is 15.1 Å². The van der Waals surface area contributed by atoms with Crippen molar-refractivity contribution in [1.29, 1.82) is 0 Å². The molecule has 23 heavy (non-hydrogen) atoms. The van der Waals surface area contributed by atoms with Gasteiger partial charge in [0.2, 0.25) is 11.8 Å². The van der Waals surface area contributed by atoms with Crippen molar-refractivity contribution < 1.29 is 9.59 Å². The van der Waals surface area contributed by atoms with Crippen molar-refractivity contribution in [2.24, 2.45) is 0 Å². The number of hydrogen-bond donors (Lipinski definition) is 1. The van der Waals surface area contributed by atoms with E-state index in [1.54, 1.807) is 0 Å². The molecule has 0 saturated carbocycles. The average molecular weight is 315 g/mol. The normalized spacial score (nSPS) is 21.3. The number of carbonyl (C=O) groups excluding carboxylic acids is 2. The van der Waals surface area contributed by atoms with Gasteiger partial charge in [0, 0.05) is 50.7 Å². The van der Waals surface area contributed by atoms with Crippen LogP contribution < -0.4 is 10.2 Å². The predicted octanol–water partition coefficient (Wildman–Crippen LogP) is 1.57. The Morgan fingerprint density at radius 2 is 2.13 bits per heavy atom. The summed E-state index contributed by atoms with van der Waals surface area (Å²) in [5.74, 6) is 0.378. The van der Waals surface area contributed by atoms with Gasteiger partial charge in [0.1, 0.15) is 0 Å². The quantitative estimate of drug-likeness (QED) is 0.917. The smallest absolute Gasteiger partial charge is 0.227 e. The van der Waals surface area contributed by atoms with E-state index in [-0.39, 0.29) is 17.9 Å². The molecule has 0 radical (unpaired) electrons. The summed E-state index contributed by atoms with van der Waals surface area (Å²) in [6.45, 7) is 5.22. The van der Waals surface area contributed by atoms with Crippen LogP contribution in [0.25, 0.3) is 0 Å². The predicted molar refractivity (Wildman–Crippen MR) is 90.4 cm³/mol. The maximum Gasteiger partial charge on any atom is 0.227 e. The van der Waals surface area contributed by atoms with E-state index in [0.29, 0.717) is 19.4 Å². The van der Waals surface area contributed by atoms with Gasteiger partial charge >= 0.3 is 0 Å². The highest BCUT2D eigenvalue weighted by atomic mass is 16.2. The van der Waals surface area contributed by atoms with Crippen molar-refractivity contribution in [3.63, 3.8) is 0 Å². The number of amides is 2. The fourth-order valence-electron chi connectivity index (χ4n) is 3.49. The van der Waals surface area contributed by atoms with Crippen molar-refractivity contribution in [2.75, 3.05) is 31.1 Å². The Kier molecular flexibility index (Phi) is 4.96. The van der Waals surface area contributed by atoms with E-state index in [4.69, 9.17) is 0 Å². The molecule has 1 aromatic rings. The van der Waals surface area contributed by atoms with Crippen LogP contribution >= 0.6 is 0 Å². The van der Waals surface area contributed by atoms with Gasteiger partial charge in [0.15, 0.2) is 0 Å². The molecule has 1 unspecified atom stereocenters. The molecule has 0 bridgehead atoms. The fraction of sp³-hybridized carbons (Fsp3) is 0.556. The molecule has 2 aliphatic heterocycles. The number of anilines is 1. The number of aryl methyl sites for hydroxylation is 1. The zero-order chi connectivity index (χ0) is 16.2. The first-order valence-electron chi connectivity index (χ1n) is 8.55. The Hall–Kier alpha value is -1.88. The number of rotatable bonds is 4. The van der Waals surface area contributed by atoms with E-state index < -0.39 is 0 Å². The van der Waals surface area contributed by atoms with Gasteiger partial charge in [-0.3, -0.25) is 9.59 Å². The van der Waals surface area contributed by atoms with Gasteiger partial charge in [-0.25, -0.2) is 0 Å². The highest BCUT2D eigenvalue weighted by Crippen LogP contribution is 2.27. The Labute approximate surface area is 137 Å². The monoisotopic (exact) mass is 315 g/mol. The SMILES string of the molecule is CC1CNCCN1C(=O)CCCN1C(=O)CCc2ccccc21. The maximum absolute atomic E-state index is 12.4. The second-order valence-electron chi connectivity index (χ2n) is 6.42. The topological polar surface area (TPSA) is 52.7 Å². The standard InChI is InChI=1S/C18H25N3O2/c1-14-13-19-10-12-20(14)17(22)7-4-11-21-16-6-3-2-5-15(16)8-9-18(21)23/h2-3,5-6,14,19H,4,7-13H2,1H3. The summed E-state index contributed by atoms with van der Waals surface area (Å²) >= 11 is 0. The van der Waals surface area contributed by atoms with Crippen LogP contribution in [0.1, 0.15) is 31.7 Å². The number of nitrogens with one attached hydrogen (secondary N) is 1. The Morgan fingerprint density at radius 1 is 1.30 bits per heavy atom. The third-order valence-electron chi connectivity index (χ3n) is 4.79. The van der Waals surface area contributed by atoms with Crippen LogP contribution in [-0.2, 0) is 16.0 Å². The Balaban J connectivity index is 1.56. The van der Waals surface area contributed by atoms with Crippen molar-refractivity contribution in [1.82, 2.24) is 10.2 Å². The van der Waals surface area contributed by atoms with Gasteiger partial charge in [0.05, 0.1) is 0 Å². The minimum absolute atomic E-state index is 0.173. The van der Waals surface area contributed by atoms with Crippen LogP contribution in [0.15, 0.2) is 24.3 Å². The Bertz CT molecular complexity index is 587. The molecule has 0 aliphatic carbocycles. The van der Waals surface area contributed by atoms with Crippen molar-refractivity contribution >= 4 is 17.5 Å². The maximum atomic E-state index is 12.4. The van der Waals surface area contributed by atoms with Gasteiger partial charge in [-0.15, -0.1) is 0 Å². The minimum Gasteiger partial charge on any atom is -0.337 e. The number of piperazine rings is 1. The van der Waals surface area contributed by atoms with Crippen LogP contribution in [0, 0.1) is 0 Å². The third kappa shape index (κ3) is 3.55. The summed E-state index contributed by atoms with van der Waals surface area (Å²) in [7, 11) is 0. The van der Waals surface area contributed by atoms with E-state index in [1.807, 2.05) is 28.0 Å². The molecule has 0 aromatic heterocycles. The molecule has 2 amide bonds. The summed E-state index contributed by atoms with van der Waals surface area (Å²) in [6, 6.07) is 8.34. The summed E-state index contributed by atoms with van der Waals surface area (Å²) < 4.78 is 0. The van der Waals surface area contributed by atoms with Crippen LogP contribution in [0.4, 0.5) is 5.69 Å². The van der Waals surface area contributed by atoms with E-state index in [0.717, 1.165) is 38.2 Å². The zero-order valence-electron chi connectivity index (χ0n) is 13.8. The molecule has 2 aliphatic rings. The Morgan fingerprint density at radius 3 is 2.96 bits per heavy atom. The van der Waals surface area contributed by atoms with Gasteiger partial charge in [-0.05, 0) is 31.4 Å².